The average Bonchev–Trinajstić information content (AvgIpc) is 2.48. The van der Waals surface area contributed by atoms with Gasteiger partial charge in [0.2, 0.25) is 0 Å². The van der Waals surface area contributed by atoms with Crippen molar-refractivity contribution < 1.29 is 14.7 Å². The van der Waals surface area contributed by atoms with Crippen LogP contribution >= 0.6 is 23.2 Å². The Balaban J connectivity index is 2.24. The first-order chi connectivity index (χ1) is 10.4. The Morgan fingerprint density at radius 2 is 1.68 bits per heavy atom. The van der Waals surface area contributed by atoms with Crippen LogP contribution in [0, 0.1) is 6.92 Å². The van der Waals surface area contributed by atoms with Crippen LogP contribution in [-0.2, 0) is 4.79 Å². The molecule has 0 saturated heterocycles. The van der Waals surface area contributed by atoms with E-state index in [9.17, 15) is 14.7 Å². The Hall–Kier alpha value is -1.84. The quantitative estimate of drug-likeness (QED) is 0.786. The van der Waals surface area contributed by atoms with Crippen molar-refractivity contribution in [2.75, 3.05) is 0 Å². The van der Waals surface area contributed by atoms with Crippen LogP contribution in [0.15, 0.2) is 42.5 Å². The van der Waals surface area contributed by atoms with E-state index in [4.69, 9.17) is 23.2 Å². The normalized spacial score (nSPS) is 12.0. The summed E-state index contributed by atoms with van der Waals surface area (Å²) in [6.45, 7) is 1.90. The van der Waals surface area contributed by atoms with Crippen LogP contribution in [0.25, 0.3) is 0 Å². The molecule has 0 unspecified atom stereocenters. The number of rotatable bonds is 5. The summed E-state index contributed by atoms with van der Waals surface area (Å²) in [5, 5.41) is 12.0. The molecule has 2 aromatic carbocycles. The summed E-state index contributed by atoms with van der Waals surface area (Å²) in [6.07, 6.45) is -0.191. The predicted octanol–water partition coefficient (Wildman–Crippen LogP) is 3.41. The van der Waals surface area contributed by atoms with Gasteiger partial charge >= 0.3 is 0 Å². The minimum atomic E-state index is -1.28. The fourth-order valence-electron chi connectivity index (χ4n) is 2.11. The third kappa shape index (κ3) is 3.87. The van der Waals surface area contributed by atoms with Crippen LogP contribution in [0.3, 0.4) is 0 Å². The van der Waals surface area contributed by atoms with Gasteiger partial charge in [-0.25, -0.2) is 0 Å². The van der Waals surface area contributed by atoms with Gasteiger partial charge < -0.3 is 9.90 Å². The highest BCUT2D eigenvalue weighted by Gasteiger charge is 2.19. The molecular weight excluding hydrogens is 323 g/mol. The summed E-state index contributed by atoms with van der Waals surface area (Å²) >= 11 is 11.7. The molecular formula is C17H13Cl2O3-. The van der Waals surface area contributed by atoms with Crippen LogP contribution < -0.4 is 5.11 Å². The Morgan fingerprint density at radius 1 is 1.05 bits per heavy atom. The predicted molar refractivity (Wildman–Crippen MR) is 84.3 cm³/mol. The van der Waals surface area contributed by atoms with Gasteiger partial charge in [-0.05, 0) is 30.7 Å². The molecule has 0 aliphatic rings. The van der Waals surface area contributed by atoms with Gasteiger partial charge in [0.05, 0.1) is 10.0 Å². The molecule has 0 N–H and O–H groups in total. The van der Waals surface area contributed by atoms with Crippen molar-refractivity contribution in [3.05, 3.63) is 69.2 Å². The number of carbonyl (C=O) groups excluding carboxylic acids is 2. The zero-order valence-electron chi connectivity index (χ0n) is 11.8. The van der Waals surface area contributed by atoms with E-state index >= 15 is 0 Å². The second kappa shape index (κ2) is 6.95. The number of aryl methyl sites for hydroxylation is 1. The lowest BCUT2D eigenvalue weighted by Gasteiger charge is -2.18. The van der Waals surface area contributed by atoms with Gasteiger partial charge in [0.15, 0.2) is 5.78 Å². The molecule has 0 fully saturated rings. The lowest BCUT2D eigenvalue weighted by molar-refractivity contribution is -0.307. The molecule has 114 valence electrons. The topological polar surface area (TPSA) is 57.2 Å². The largest absolute Gasteiger partial charge is 0.549 e. The van der Waals surface area contributed by atoms with Gasteiger partial charge in [0.1, 0.15) is 0 Å². The maximum atomic E-state index is 12.3. The number of carboxylic acids is 1. The number of aliphatic carboxylic acids is 1. The van der Waals surface area contributed by atoms with Crippen molar-refractivity contribution in [2.45, 2.75) is 19.3 Å². The Kier molecular flexibility index (Phi) is 5.22. The lowest BCUT2D eigenvalue weighted by atomic mass is 9.91. The van der Waals surface area contributed by atoms with Crippen molar-refractivity contribution in [1.29, 1.82) is 0 Å². The van der Waals surface area contributed by atoms with E-state index in [-0.39, 0.29) is 17.2 Å². The molecule has 0 aliphatic carbocycles. The minimum absolute atomic E-state index is 0.191. The number of ketones is 1. The van der Waals surface area contributed by atoms with Gasteiger partial charge in [-0.15, -0.1) is 0 Å². The summed E-state index contributed by atoms with van der Waals surface area (Å²) in [4.78, 5) is 23.6. The number of halogens is 2. The summed E-state index contributed by atoms with van der Waals surface area (Å²) in [7, 11) is 0. The molecule has 5 heteroatoms. The molecule has 0 amide bonds. The number of benzene rings is 2. The minimum Gasteiger partial charge on any atom is -0.549 e. The van der Waals surface area contributed by atoms with E-state index in [2.05, 4.69) is 0 Å². The van der Waals surface area contributed by atoms with Gasteiger partial charge in [-0.3, -0.25) is 4.79 Å². The van der Waals surface area contributed by atoms with Crippen LogP contribution in [0.1, 0.15) is 33.8 Å². The number of hydrogen-bond acceptors (Lipinski definition) is 3. The van der Waals surface area contributed by atoms with E-state index in [1.54, 1.807) is 24.3 Å². The molecule has 0 heterocycles. The molecule has 3 nitrogen and oxygen atoms in total. The van der Waals surface area contributed by atoms with Gasteiger partial charge in [0, 0.05) is 23.9 Å². The number of carbonyl (C=O) groups is 2. The number of Topliss-reactive ketones (excluding diaryl/α,β-unsaturated/α-hetero) is 1. The summed E-state index contributed by atoms with van der Waals surface area (Å²) in [5.74, 6) is -2.60. The molecule has 1 atom stereocenters. The van der Waals surface area contributed by atoms with Crippen LogP contribution in [0.2, 0.25) is 10.0 Å². The molecule has 2 rings (SSSR count). The molecule has 0 aromatic heterocycles. The zero-order chi connectivity index (χ0) is 16.3. The molecule has 0 bridgehead atoms. The van der Waals surface area contributed by atoms with Crippen LogP contribution in [0.4, 0.5) is 0 Å². The van der Waals surface area contributed by atoms with E-state index in [1.807, 2.05) is 6.92 Å². The van der Waals surface area contributed by atoms with E-state index in [1.165, 1.54) is 18.2 Å². The summed E-state index contributed by atoms with van der Waals surface area (Å²) in [6, 6.07) is 11.5. The fourth-order valence-corrected chi connectivity index (χ4v) is 2.41. The van der Waals surface area contributed by atoms with Crippen LogP contribution in [0.5, 0.6) is 0 Å². The monoisotopic (exact) mass is 335 g/mol. The second-order valence-electron chi connectivity index (χ2n) is 5.04. The Labute approximate surface area is 138 Å². The molecule has 0 aliphatic heterocycles. The SMILES string of the molecule is Cc1ccc([C@@H](CC(=O)c2ccc(Cl)c(Cl)c2)C(=O)[O-])cc1. The summed E-state index contributed by atoms with van der Waals surface area (Å²) < 4.78 is 0. The van der Waals surface area contributed by atoms with Gasteiger partial charge in [0.25, 0.3) is 0 Å². The smallest absolute Gasteiger partial charge is 0.163 e. The van der Waals surface area contributed by atoms with Crippen molar-refractivity contribution in [1.82, 2.24) is 0 Å². The first-order valence-corrected chi connectivity index (χ1v) is 7.39. The first-order valence-electron chi connectivity index (χ1n) is 6.64. The van der Waals surface area contributed by atoms with Gasteiger partial charge in [-0.2, -0.15) is 0 Å². The molecule has 2 aromatic rings. The summed E-state index contributed by atoms with van der Waals surface area (Å²) in [5.41, 5.74) is 1.88. The van der Waals surface area contributed by atoms with E-state index < -0.39 is 11.9 Å². The van der Waals surface area contributed by atoms with Crippen molar-refractivity contribution in [2.24, 2.45) is 0 Å². The average molecular weight is 336 g/mol. The molecule has 22 heavy (non-hydrogen) atoms. The fraction of sp³-hybridized carbons (Fsp3) is 0.176. The van der Waals surface area contributed by atoms with Crippen LogP contribution in [-0.4, -0.2) is 11.8 Å². The zero-order valence-corrected chi connectivity index (χ0v) is 13.3. The van der Waals surface area contributed by atoms with E-state index in [0.717, 1.165) is 5.56 Å². The Morgan fingerprint density at radius 3 is 2.23 bits per heavy atom. The van der Waals surface area contributed by atoms with Crippen molar-refractivity contribution >= 4 is 35.0 Å². The standard InChI is InChI=1S/C17H14Cl2O3/c1-10-2-4-11(5-3-10)13(17(21)22)9-16(20)12-6-7-14(18)15(19)8-12/h2-8,13H,9H2,1H3,(H,21,22)/p-1/t13-/m1/s1. The highest BCUT2D eigenvalue weighted by atomic mass is 35.5. The lowest BCUT2D eigenvalue weighted by Crippen LogP contribution is -2.31. The molecule has 0 spiro atoms. The third-order valence-corrected chi connectivity index (χ3v) is 4.13. The Bertz CT molecular complexity index is 708. The van der Waals surface area contributed by atoms with Crippen molar-refractivity contribution in [3.8, 4) is 0 Å². The molecule has 0 saturated carbocycles. The first kappa shape index (κ1) is 16.5. The maximum absolute atomic E-state index is 12.3. The third-order valence-electron chi connectivity index (χ3n) is 3.40. The van der Waals surface area contributed by atoms with Gasteiger partial charge in [-0.1, -0.05) is 53.0 Å². The van der Waals surface area contributed by atoms with Crippen molar-refractivity contribution in [3.63, 3.8) is 0 Å². The maximum Gasteiger partial charge on any atom is 0.163 e. The molecule has 0 radical (unpaired) electrons. The second-order valence-corrected chi connectivity index (χ2v) is 5.85. The number of hydrogen-bond donors (Lipinski definition) is 0. The van der Waals surface area contributed by atoms with E-state index in [0.29, 0.717) is 16.1 Å². The highest BCUT2D eigenvalue weighted by Crippen LogP contribution is 2.26. The highest BCUT2D eigenvalue weighted by molar-refractivity contribution is 6.42. The number of carboxylic acid groups (broad SMARTS) is 1.